The Morgan fingerprint density at radius 2 is 2.06 bits per heavy atom. The first-order chi connectivity index (χ1) is 7.57. The van der Waals surface area contributed by atoms with Crippen molar-refractivity contribution >= 4 is 6.09 Å². The van der Waals surface area contributed by atoms with Gasteiger partial charge >= 0.3 is 6.09 Å². The Labute approximate surface area is 92.9 Å². The number of ether oxygens (including phenoxy) is 1. The third-order valence-electron chi connectivity index (χ3n) is 2.78. The number of nitrogens with zero attached hydrogens (tertiary/aromatic N) is 1. The molecule has 1 amide bonds. The van der Waals surface area contributed by atoms with Crippen LogP contribution in [0.5, 0.6) is 5.75 Å². The molecule has 0 bridgehead atoms. The van der Waals surface area contributed by atoms with E-state index in [1.165, 1.54) is 7.11 Å². The van der Waals surface area contributed by atoms with E-state index < -0.39 is 11.7 Å². The average Bonchev–Trinajstić information content (AvgIpc) is 2.24. The second-order valence-corrected chi connectivity index (χ2v) is 3.87. The van der Waals surface area contributed by atoms with Gasteiger partial charge in [0.05, 0.1) is 20.2 Å². The normalized spacial score (nSPS) is 17.8. The van der Waals surface area contributed by atoms with Gasteiger partial charge in [-0.1, -0.05) is 18.2 Å². The molecule has 1 heterocycles. The quantitative estimate of drug-likeness (QED) is 0.780. The predicted octanol–water partition coefficient (Wildman–Crippen LogP) is 0.876. The molecular weight excluding hydrogens is 210 g/mol. The van der Waals surface area contributed by atoms with Gasteiger partial charge in [-0.25, -0.2) is 4.79 Å². The first-order valence-corrected chi connectivity index (χ1v) is 4.90. The lowest BCUT2D eigenvalue weighted by Crippen LogP contribution is -2.61. The number of likely N-dealkylation sites (tertiary alicyclic amines) is 1. The number of carbonyl (C=O) groups is 1. The van der Waals surface area contributed by atoms with E-state index in [1.807, 2.05) is 0 Å². The van der Waals surface area contributed by atoms with E-state index in [4.69, 9.17) is 9.84 Å². The molecule has 2 N–H and O–H groups in total. The summed E-state index contributed by atoms with van der Waals surface area (Å²) in [7, 11) is 1.52. The molecule has 0 saturated carbocycles. The van der Waals surface area contributed by atoms with Gasteiger partial charge in [-0.2, -0.15) is 0 Å². The summed E-state index contributed by atoms with van der Waals surface area (Å²) in [5.41, 5.74) is -0.486. The van der Waals surface area contributed by atoms with Crippen LogP contribution in [0.2, 0.25) is 0 Å². The molecule has 5 heteroatoms. The first-order valence-electron chi connectivity index (χ1n) is 4.90. The van der Waals surface area contributed by atoms with Crippen molar-refractivity contribution < 1.29 is 19.7 Å². The summed E-state index contributed by atoms with van der Waals surface area (Å²) in [5, 5.41) is 19.0. The molecule has 2 rings (SSSR count). The van der Waals surface area contributed by atoms with Gasteiger partial charge < -0.3 is 19.8 Å². The molecule has 5 nitrogen and oxygen atoms in total. The molecule has 0 aliphatic carbocycles. The number of rotatable bonds is 2. The van der Waals surface area contributed by atoms with Crippen molar-refractivity contribution in [1.29, 1.82) is 0 Å². The van der Waals surface area contributed by atoms with Crippen LogP contribution in [-0.4, -0.2) is 41.4 Å². The van der Waals surface area contributed by atoms with Gasteiger partial charge in [-0.3, -0.25) is 0 Å². The highest BCUT2D eigenvalue weighted by atomic mass is 16.5. The van der Waals surface area contributed by atoms with Gasteiger partial charge in [-0.05, 0) is 6.07 Å². The van der Waals surface area contributed by atoms with Gasteiger partial charge in [0.1, 0.15) is 11.4 Å². The van der Waals surface area contributed by atoms with Crippen molar-refractivity contribution in [3.8, 4) is 5.75 Å². The summed E-state index contributed by atoms with van der Waals surface area (Å²) in [5.74, 6) is 0.579. The Kier molecular flexibility index (Phi) is 2.47. The monoisotopic (exact) mass is 223 g/mol. The number of hydrogen-bond donors (Lipinski definition) is 2. The van der Waals surface area contributed by atoms with E-state index in [0.29, 0.717) is 11.3 Å². The van der Waals surface area contributed by atoms with Crippen LogP contribution in [0.1, 0.15) is 5.56 Å². The largest absolute Gasteiger partial charge is 0.496 e. The molecule has 1 aromatic carbocycles. The lowest BCUT2D eigenvalue weighted by atomic mass is 9.86. The molecule has 1 aromatic rings. The lowest BCUT2D eigenvalue weighted by Gasteiger charge is -2.45. The number of hydrogen-bond acceptors (Lipinski definition) is 3. The SMILES string of the molecule is COc1ccccc1C1(O)CN(C(=O)O)C1. The highest BCUT2D eigenvalue weighted by Gasteiger charge is 2.46. The van der Waals surface area contributed by atoms with Crippen molar-refractivity contribution in [3.63, 3.8) is 0 Å². The molecule has 0 unspecified atom stereocenters. The van der Waals surface area contributed by atoms with Crippen LogP contribution in [0.15, 0.2) is 24.3 Å². The molecule has 1 aliphatic rings. The second kappa shape index (κ2) is 3.68. The summed E-state index contributed by atoms with van der Waals surface area (Å²) in [6.07, 6.45) is -1.01. The van der Waals surface area contributed by atoms with E-state index in [2.05, 4.69) is 0 Å². The zero-order valence-electron chi connectivity index (χ0n) is 8.88. The van der Waals surface area contributed by atoms with Crippen molar-refractivity contribution in [2.24, 2.45) is 0 Å². The highest BCUT2D eigenvalue weighted by molar-refractivity contribution is 5.67. The Balaban J connectivity index is 2.23. The van der Waals surface area contributed by atoms with Crippen LogP contribution in [0, 0.1) is 0 Å². The Bertz CT molecular complexity index is 412. The number of benzene rings is 1. The first kappa shape index (κ1) is 10.8. The predicted molar refractivity (Wildman–Crippen MR) is 56.5 cm³/mol. The fraction of sp³-hybridized carbons (Fsp3) is 0.364. The number of methoxy groups -OCH3 is 1. The molecule has 1 aliphatic heterocycles. The van der Waals surface area contributed by atoms with E-state index in [1.54, 1.807) is 24.3 Å². The second-order valence-electron chi connectivity index (χ2n) is 3.87. The van der Waals surface area contributed by atoms with E-state index >= 15 is 0 Å². The summed E-state index contributed by atoms with van der Waals surface area (Å²) in [4.78, 5) is 11.8. The van der Waals surface area contributed by atoms with Gasteiger partial charge in [-0.15, -0.1) is 0 Å². The maximum absolute atomic E-state index is 10.6. The van der Waals surface area contributed by atoms with E-state index in [-0.39, 0.29) is 13.1 Å². The maximum atomic E-state index is 10.6. The van der Waals surface area contributed by atoms with E-state index in [0.717, 1.165) is 4.90 Å². The fourth-order valence-corrected chi connectivity index (χ4v) is 1.92. The van der Waals surface area contributed by atoms with Gasteiger partial charge in [0.25, 0.3) is 0 Å². The van der Waals surface area contributed by atoms with Gasteiger partial charge in [0.15, 0.2) is 0 Å². The molecule has 86 valence electrons. The zero-order valence-corrected chi connectivity index (χ0v) is 8.88. The summed E-state index contributed by atoms with van der Waals surface area (Å²) in [6, 6.07) is 7.09. The topological polar surface area (TPSA) is 70.0 Å². The van der Waals surface area contributed by atoms with Crippen molar-refractivity contribution in [1.82, 2.24) is 4.90 Å². The average molecular weight is 223 g/mol. The maximum Gasteiger partial charge on any atom is 0.407 e. The molecule has 0 aromatic heterocycles. The lowest BCUT2D eigenvalue weighted by molar-refractivity contribution is -0.0909. The van der Waals surface area contributed by atoms with Crippen LogP contribution >= 0.6 is 0 Å². The van der Waals surface area contributed by atoms with Crippen molar-refractivity contribution in [2.45, 2.75) is 5.60 Å². The third kappa shape index (κ3) is 1.59. The van der Waals surface area contributed by atoms with Crippen LogP contribution in [0.25, 0.3) is 0 Å². The van der Waals surface area contributed by atoms with Crippen molar-refractivity contribution in [2.75, 3.05) is 20.2 Å². The summed E-state index contributed by atoms with van der Waals surface area (Å²) >= 11 is 0. The number of aliphatic hydroxyl groups is 1. The van der Waals surface area contributed by atoms with Crippen LogP contribution in [-0.2, 0) is 5.60 Å². The molecule has 0 spiro atoms. The Hall–Kier alpha value is -1.75. The van der Waals surface area contributed by atoms with E-state index in [9.17, 15) is 9.90 Å². The highest BCUT2D eigenvalue weighted by Crippen LogP contribution is 2.36. The summed E-state index contributed by atoms with van der Waals surface area (Å²) < 4.78 is 5.14. The molecule has 1 saturated heterocycles. The zero-order chi connectivity index (χ0) is 11.8. The number of β-amino-alcohol motifs (C(OH)–C–C–N with tert-alkyl or cyclic N) is 1. The summed E-state index contributed by atoms with van der Waals surface area (Å²) in [6.45, 7) is 0.172. The number of para-hydroxylation sites is 1. The Morgan fingerprint density at radius 3 is 2.62 bits per heavy atom. The van der Waals surface area contributed by atoms with Gasteiger partial charge in [0.2, 0.25) is 0 Å². The minimum Gasteiger partial charge on any atom is -0.496 e. The number of carboxylic acid groups (broad SMARTS) is 1. The molecule has 0 radical (unpaired) electrons. The van der Waals surface area contributed by atoms with Crippen molar-refractivity contribution in [3.05, 3.63) is 29.8 Å². The molecule has 16 heavy (non-hydrogen) atoms. The van der Waals surface area contributed by atoms with Gasteiger partial charge in [0, 0.05) is 5.56 Å². The minimum absolute atomic E-state index is 0.0860. The molecular formula is C11H13NO4. The smallest absolute Gasteiger partial charge is 0.407 e. The third-order valence-corrected chi connectivity index (χ3v) is 2.78. The number of amides is 1. The van der Waals surface area contributed by atoms with Crippen LogP contribution < -0.4 is 4.74 Å². The standard InChI is InChI=1S/C11H13NO4/c1-16-9-5-3-2-4-8(9)11(15)6-12(7-11)10(13)14/h2-5,15H,6-7H2,1H3,(H,13,14). The van der Waals surface area contributed by atoms with Crippen LogP contribution in [0.3, 0.4) is 0 Å². The minimum atomic E-state index is -1.12. The Morgan fingerprint density at radius 1 is 1.44 bits per heavy atom. The van der Waals surface area contributed by atoms with Crippen LogP contribution in [0.4, 0.5) is 4.79 Å². The fourth-order valence-electron chi connectivity index (χ4n) is 1.92. The molecule has 1 fully saturated rings. The molecule has 0 atom stereocenters.